The standard InChI is InChI=1S/C20H16F4O/c1-2-3-12-4-6-13(7-5-12)14-8-9-16-15(10-14)11-17(21)19(18(16)22)25-20(23)24/h4-11,20H,2-3H2,1H3. The van der Waals surface area contributed by atoms with Gasteiger partial charge in [0.25, 0.3) is 0 Å². The van der Waals surface area contributed by atoms with Crippen molar-refractivity contribution in [3.63, 3.8) is 0 Å². The Hall–Kier alpha value is -2.56. The van der Waals surface area contributed by atoms with Crippen molar-refractivity contribution >= 4 is 10.8 Å². The Morgan fingerprint density at radius 1 is 0.920 bits per heavy atom. The van der Waals surface area contributed by atoms with E-state index in [9.17, 15) is 17.6 Å². The van der Waals surface area contributed by atoms with Gasteiger partial charge in [-0.25, -0.2) is 8.78 Å². The zero-order valence-corrected chi connectivity index (χ0v) is 13.5. The van der Waals surface area contributed by atoms with Gasteiger partial charge in [-0.2, -0.15) is 8.78 Å². The summed E-state index contributed by atoms with van der Waals surface area (Å²) >= 11 is 0. The molecule has 0 radical (unpaired) electrons. The van der Waals surface area contributed by atoms with Gasteiger partial charge in [0, 0.05) is 5.39 Å². The Kier molecular flexibility index (Phi) is 4.93. The highest BCUT2D eigenvalue weighted by atomic mass is 19.3. The minimum Gasteiger partial charge on any atom is -0.429 e. The summed E-state index contributed by atoms with van der Waals surface area (Å²) in [6, 6.07) is 13.7. The first-order valence-corrected chi connectivity index (χ1v) is 7.95. The fraction of sp³-hybridized carbons (Fsp3) is 0.200. The van der Waals surface area contributed by atoms with E-state index in [0.717, 1.165) is 30.0 Å². The molecule has 3 rings (SSSR count). The highest BCUT2D eigenvalue weighted by Crippen LogP contribution is 2.33. The van der Waals surface area contributed by atoms with Gasteiger partial charge in [-0.05, 0) is 40.6 Å². The maximum atomic E-state index is 14.3. The Labute approximate surface area is 142 Å². The second kappa shape index (κ2) is 7.13. The van der Waals surface area contributed by atoms with Gasteiger partial charge in [-0.15, -0.1) is 0 Å². The molecule has 0 fully saturated rings. The number of benzene rings is 3. The first-order chi connectivity index (χ1) is 12.0. The lowest BCUT2D eigenvalue weighted by molar-refractivity contribution is -0.0544. The molecule has 0 saturated heterocycles. The van der Waals surface area contributed by atoms with Crippen LogP contribution < -0.4 is 4.74 Å². The number of ether oxygens (including phenoxy) is 1. The van der Waals surface area contributed by atoms with E-state index in [2.05, 4.69) is 11.7 Å². The molecule has 5 heteroatoms. The van der Waals surface area contributed by atoms with Crippen LogP contribution in [0, 0.1) is 11.6 Å². The maximum Gasteiger partial charge on any atom is 0.387 e. The molecule has 0 heterocycles. The second-order valence-electron chi connectivity index (χ2n) is 5.76. The van der Waals surface area contributed by atoms with E-state index < -0.39 is 24.0 Å². The molecule has 3 aromatic rings. The molecule has 0 aliphatic heterocycles. The van der Waals surface area contributed by atoms with Crippen LogP contribution in [-0.2, 0) is 6.42 Å². The molecule has 0 amide bonds. The lowest BCUT2D eigenvalue weighted by Crippen LogP contribution is -2.06. The Morgan fingerprint density at radius 2 is 1.60 bits per heavy atom. The van der Waals surface area contributed by atoms with Crippen molar-refractivity contribution in [2.45, 2.75) is 26.4 Å². The summed E-state index contributed by atoms with van der Waals surface area (Å²) in [6.07, 6.45) is 2.04. The molecule has 1 nitrogen and oxygen atoms in total. The third-order valence-electron chi connectivity index (χ3n) is 4.02. The molecule has 25 heavy (non-hydrogen) atoms. The highest BCUT2D eigenvalue weighted by molar-refractivity contribution is 5.89. The molecule has 0 bridgehead atoms. The second-order valence-corrected chi connectivity index (χ2v) is 5.76. The van der Waals surface area contributed by atoms with Gasteiger partial charge in [0.1, 0.15) is 0 Å². The minimum atomic E-state index is -3.29. The first kappa shape index (κ1) is 17.3. The van der Waals surface area contributed by atoms with Crippen molar-refractivity contribution in [2.75, 3.05) is 0 Å². The van der Waals surface area contributed by atoms with Crippen LogP contribution in [0.4, 0.5) is 17.6 Å². The Balaban J connectivity index is 2.02. The van der Waals surface area contributed by atoms with Gasteiger partial charge in [-0.3, -0.25) is 0 Å². The predicted octanol–water partition coefficient (Wildman–Crippen LogP) is 6.34. The summed E-state index contributed by atoms with van der Waals surface area (Å²) in [5.74, 6) is -3.33. The molecule has 3 aromatic carbocycles. The summed E-state index contributed by atoms with van der Waals surface area (Å²) < 4.78 is 56.7. The number of alkyl halides is 2. The van der Waals surface area contributed by atoms with Crippen molar-refractivity contribution < 1.29 is 22.3 Å². The lowest BCUT2D eigenvalue weighted by atomic mass is 9.99. The largest absolute Gasteiger partial charge is 0.429 e. The molecule has 0 N–H and O–H groups in total. The van der Waals surface area contributed by atoms with Crippen molar-refractivity contribution in [2.24, 2.45) is 0 Å². The molecule has 0 aliphatic rings. The summed E-state index contributed by atoms with van der Waals surface area (Å²) in [5, 5.41) is 0.315. The molecular formula is C20H16F4O. The molecule has 0 atom stereocenters. The van der Waals surface area contributed by atoms with E-state index in [0.29, 0.717) is 0 Å². The molecule has 0 aromatic heterocycles. The third-order valence-corrected chi connectivity index (χ3v) is 4.02. The normalized spacial score (nSPS) is 11.3. The number of hydrogen-bond donors (Lipinski definition) is 0. The van der Waals surface area contributed by atoms with E-state index >= 15 is 0 Å². The molecular weight excluding hydrogens is 332 g/mol. The summed E-state index contributed by atoms with van der Waals surface area (Å²) in [6.45, 7) is -1.19. The number of fused-ring (bicyclic) bond motifs is 1. The summed E-state index contributed by atoms with van der Waals surface area (Å²) in [5.41, 5.74) is 2.92. The summed E-state index contributed by atoms with van der Waals surface area (Å²) in [4.78, 5) is 0. The molecule has 130 valence electrons. The minimum absolute atomic E-state index is 0.0309. The fourth-order valence-corrected chi connectivity index (χ4v) is 2.84. The first-order valence-electron chi connectivity index (χ1n) is 7.95. The van der Waals surface area contributed by atoms with E-state index in [1.54, 1.807) is 12.1 Å². The average Bonchev–Trinajstić information content (AvgIpc) is 2.59. The SMILES string of the molecule is CCCc1ccc(-c2ccc3c(F)c(OC(F)F)c(F)cc3c2)cc1. The highest BCUT2D eigenvalue weighted by Gasteiger charge is 2.19. The van der Waals surface area contributed by atoms with Crippen molar-refractivity contribution in [1.29, 1.82) is 0 Å². The van der Waals surface area contributed by atoms with Crippen LogP contribution in [0.2, 0.25) is 0 Å². The number of hydrogen-bond acceptors (Lipinski definition) is 1. The molecule has 0 unspecified atom stereocenters. The summed E-state index contributed by atoms with van der Waals surface area (Å²) in [7, 11) is 0. The fourth-order valence-electron chi connectivity index (χ4n) is 2.84. The van der Waals surface area contributed by atoms with Gasteiger partial charge in [0.2, 0.25) is 0 Å². The Morgan fingerprint density at radius 3 is 2.24 bits per heavy atom. The van der Waals surface area contributed by atoms with Crippen molar-refractivity contribution in [3.8, 4) is 16.9 Å². The predicted molar refractivity (Wildman–Crippen MR) is 89.9 cm³/mol. The smallest absolute Gasteiger partial charge is 0.387 e. The van der Waals surface area contributed by atoms with E-state index in [4.69, 9.17) is 0 Å². The van der Waals surface area contributed by atoms with Crippen LogP contribution in [0.15, 0.2) is 48.5 Å². The van der Waals surface area contributed by atoms with Crippen molar-refractivity contribution in [3.05, 3.63) is 65.7 Å². The van der Waals surface area contributed by atoms with E-state index in [-0.39, 0.29) is 10.8 Å². The molecule has 0 spiro atoms. The van der Waals surface area contributed by atoms with Crippen LogP contribution in [0.1, 0.15) is 18.9 Å². The molecule has 0 saturated carbocycles. The zero-order chi connectivity index (χ0) is 18.0. The van der Waals surface area contributed by atoms with Gasteiger partial charge in [0.15, 0.2) is 17.4 Å². The number of halogens is 4. The molecule has 0 aliphatic carbocycles. The van der Waals surface area contributed by atoms with Gasteiger partial charge in [0.05, 0.1) is 0 Å². The van der Waals surface area contributed by atoms with Gasteiger partial charge in [-0.1, -0.05) is 49.7 Å². The monoisotopic (exact) mass is 348 g/mol. The van der Waals surface area contributed by atoms with Crippen LogP contribution in [0.3, 0.4) is 0 Å². The van der Waals surface area contributed by atoms with Gasteiger partial charge < -0.3 is 4.74 Å². The van der Waals surface area contributed by atoms with Crippen molar-refractivity contribution in [1.82, 2.24) is 0 Å². The number of aryl methyl sites for hydroxylation is 1. The van der Waals surface area contributed by atoms with E-state index in [1.165, 1.54) is 11.6 Å². The maximum absolute atomic E-state index is 14.3. The lowest BCUT2D eigenvalue weighted by Gasteiger charge is -2.11. The zero-order valence-electron chi connectivity index (χ0n) is 13.5. The van der Waals surface area contributed by atoms with Crippen LogP contribution in [0.25, 0.3) is 21.9 Å². The van der Waals surface area contributed by atoms with Crippen LogP contribution in [0.5, 0.6) is 5.75 Å². The third kappa shape index (κ3) is 3.60. The van der Waals surface area contributed by atoms with Gasteiger partial charge >= 0.3 is 6.61 Å². The van der Waals surface area contributed by atoms with Crippen LogP contribution >= 0.6 is 0 Å². The average molecular weight is 348 g/mol. The van der Waals surface area contributed by atoms with E-state index in [1.807, 2.05) is 24.3 Å². The van der Waals surface area contributed by atoms with Crippen LogP contribution in [-0.4, -0.2) is 6.61 Å². The quantitative estimate of drug-likeness (QED) is 0.489. The Bertz CT molecular complexity index is 888. The number of rotatable bonds is 5. The topological polar surface area (TPSA) is 9.23 Å².